The molecule has 4 rings (SSSR count). The largest absolute Gasteiger partial charge is 0.489 e. The molecule has 0 bridgehead atoms. The molecule has 0 aliphatic rings. The zero-order valence-corrected chi connectivity index (χ0v) is 17.8. The Hall–Kier alpha value is -4.04. The summed E-state index contributed by atoms with van der Waals surface area (Å²) in [5, 5.41) is 9.75. The molecule has 0 amide bonds. The van der Waals surface area contributed by atoms with Crippen LogP contribution in [0.1, 0.15) is 34.1 Å². The van der Waals surface area contributed by atoms with Crippen LogP contribution in [0.3, 0.4) is 0 Å². The van der Waals surface area contributed by atoms with Gasteiger partial charge in [0, 0.05) is 40.9 Å². The van der Waals surface area contributed by atoms with Crippen molar-refractivity contribution in [1.82, 2.24) is 4.98 Å². The zero-order chi connectivity index (χ0) is 23.5. The lowest BCUT2D eigenvalue weighted by atomic mass is 10.0. The summed E-state index contributed by atoms with van der Waals surface area (Å²) in [6.07, 6.45) is 1.38. The standard InChI is InChI=1S/C25H21FN2O5/c1-14(29)16-2-3-18(11-24(30)31)22(9-16)32-13-15-6-19-10-23(26)33-25(19)21(7-15)17-4-5-28-20(8-17)12-27/h2-10H,11-13,27H2,1H3,(H,30,31). The minimum absolute atomic E-state index is 0.0680. The summed E-state index contributed by atoms with van der Waals surface area (Å²) in [5.41, 5.74) is 9.75. The Labute approximate surface area is 188 Å². The second-order valence-corrected chi connectivity index (χ2v) is 7.59. The number of carboxylic acids is 1. The van der Waals surface area contributed by atoms with E-state index in [2.05, 4.69) is 4.98 Å². The molecule has 3 N–H and O–H groups in total. The predicted octanol–water partition coefficient (Wildman–Crippen LogP) is 4.50. The van der Waals surface area contributed by atoms with Crippen LogP contribution < -0.4 is 10.5 Å². The maximum atomic E-state index is 13.9. The number of furan rings is 1. The summed E-state index contributed by atoms with van der Waals surface area (Å²) in [4.78, 5) is 27.2. The van der Waals surface area contributed by atoms with Crippen LogP contribution in [-0.4, -0.2) is 21.8 Å². The number of carbonyl (C=O) groups excluding carboxylic acids is 1. The molecular formula is C25H21FN2O5. The molecule has 8 heteroatoms. The fourth-order valence-electron chi connectivity index (χ4n) is 3.62. The Morgan fingerprint density at radius 1 is 1.15 bits per heavy atom. The van der Waals surface area contributed by atoms with Gasteiger partial charge in [-0.25, -0.2) is 0 Å². The van der Waals surface area contributed by atoms with Gasteiger partial charge in [-0.1, -0.05) is 12.1 Å². The zero-order valence-electron chi connectivity index (χ0n) is 17.8. The highest BCUT2D eigenvalue weighted by Crippen LogP contribution is 2.33. The van der Waals surface area contributed by atoms with E-state index in [1.54, 1.807) is 36.5 Å². The van der Waals surface area contributed by atoms with Crippen molar-refractivity contribution >= 4 is 22.7 Å². The number of aliphatic carboxylic acids is 1. The highest BCUT2D eigenvalue weighted by molar-refractivity contribution is 5.95. The monoisotopic (exact) mass is 448 g/mol. The van der Waals surface area contributed by atoms with Crippen LogP contribution in [0.5, 0.6) is 5.75 Å². The molecule has 0 fully saturated rings. The molecule has 168 valence electrons. The van der Waals surface area contributed by atoms with Gasteiger partial charge in [-0.05, 0) is 48.4 Å². The topological polar surface area (TPSA) is 116 Å². The lowest BCUT2D eigenvalue weighted by Crippen LogP contribution is -2.06. The van der Waals surface area contributed by atoms with Crippen molar-refractivity contribution in [1.29, 1.82) is 0 Å². The van der Waals surface area contributed by atoms with Crippen LogP contribution in [0.25, 0.3) is 22.1 Å². The summed E-state index contributed by atoms with van der Waals surface area (Å²) in [5.74, 6) is -0.867. The van der Waals surface area contributed by atoms with Gasteiger partial charge in [-0.3, -0.25) is 14.6 Å². The number of pyridine rings is 1. The number of nitrogens with two attached hydrogens (primary N) is 1. The van der Waals surface area contributed by atoms with Gasteiger partial charge in [-0.2, -0.15) is 4.39 Å². The number of aromatic nitrogens is 1. The van der Waals surface area contributed by atoms with Gasteiger partial charge in [0.25, 0.3) is 6.01 Å². The van der Waals surface area contributed by atoms with Gasteiger partial charge in [0.05, 0.1) is 12.1 Å². The fourth-order valence-corrected chi connectivity index (χ4v) is 3.62. The number of benzene rings is 2. The van der Waals surface area contributed by atoms with Gasteiger partial charge in [0.2, 0.25) is 0 Å². The van der Waals surface area contributed by atoms with E-state index in [1.807, 2.05) is 6.07 Å². The first-order valence-corrected chi connectivity index (χ1v) is 10.2. The quantitative estimate of drug-likeness (QED) is 0.381. The highest BCUT2D eigenvalue weighted by atomic mass is 19.1. The lowest BCUT2D eigenvalue weighted by Gasteiger charge is -2.13. The van der Waals surface area contributed by atoms with E-state index in [1.165, 1.54) is 19.1 Å². The van der Waals surface area contributed by atoms with E-state index >= 15 is 0 Å². The number of carboxylic acid groups (broad SMARTS) is 1. The summed E-state index contributed by atoms with van der Waals surface area (Å²) < 4.78 is 25.1. The van der Waals surface area contributed by atoms with E-state index < -0.39 is 12.0 Å². The first-order valence-electron chi connectivity index (χ1n) is 10.2. The molecule has 2 aromatic carbocycles. The van der Waals surface area contributed by atoms with E-state index in [0.29, 0.717) is 44.7 Å². The molecule has 0 spiro atoms. The van der Waals surface area contributed by atoms with Crippen LogP contribution in [0, 0.1) is 6.01 Å². The number of halogens is 1. The van der Waals surface area contributed by atoms with E-state index in [4.69, 9.17) is 14.9 Å². The first-order chi connectivity index (χ1) is 15.8. The highest BCUT2D eigenvalue weighted by Gasteiger charge is 2.15. The third-order valence-electron chi connectivity index (χ3n) is 5.19. The molecule has 7 nitrogen and oxygen atoms in total. The third-order valence-corrected chi connectivity index (χ3v) is 5.19. The van der Waals surface area contributed by atoms with Crippen molar-refractivity contribution in [2.75, 3.05) is 0 Å². The number of rotatable bonds is 8. The van der Waals surface area contributed by atoms with Crippen molar-refractivity contribution < 1.29 is 28.2 Å². The summed E-state index contributed by atoms with van der Waals surface area (Å²) >= 11 is 0. The van der Waals surface area contributed by atoms with Crippen molar-refractivity contribution in [3.8, 4) is 16.9 Å². The van der Waals surface area contributed by atoms with Crippen LogP contribution in [0.15, 0.2) is 59.1 Å². The molecule has 0 saturated heterocycles. The number of hydrogen-bond acceptors (Lipinski definition) is 6. The molecule has 0 unspecified atom stereocenters. The number of nitrogens with zero attached hydrogens (tertiary/aromatic N) is 1. The van der Waals surface area contributed by atoms with E-state index in [0.717, 1.165) is 5.56 Å². The van der Waals surface area contributed by atoms with Crippen LogP contribution in [0.2, 0.25) is 0 Å². The minimum atomic E-state index is -1.01. The number of ether oxygens (including phenoxy) is 1. The second kappa shape index (κ2) is 9.22. The van der Waals surface area contributed by atoms with E-state index in [9.17, 15) is 19.1 Å². The Morgan fingerprint density at radius 3 is 2.70 bits per heavy atom. The molecule has 0 atom stereocenters. The molecule has 0 aliphatic carbocycles. The summed E-state index contributed by atoms with van der Waals surface area (Å²) in [6, 6.07) is 12.4. The molecular weight excluding hydrogens is 427 g/mol. The Kier molecular flexibility index (Phi) is 6.19. The average molecular weight is 448 g/mol. The molecule has 2 aromatic heterocycles. The molecule has 0 aliphatic heterocycles. The van der Waals surface area contributed by atoms with Crippen molar-refractivity contribution in [3.05, 3.63) is 83.1 Å². The Bertz CT molecular complexity index is 1360. The molecule has 4 aromatic rings. The normalized spacial score (nSPS) is 11.0. The molecule has 0 saturated carbocycles. The van der Waals surface area contributed by atoms with Crippen molar-refractivity contribution in [3.63, 3.8) is 0 Å². The maximum Gasteiger partial charge on any atom is 0.307 e. The fraction of sp³-hybridized carbons (Fsp3) is 0.160. The van der Waals surface area contributed by atoms with Crippen molar-refractivity contribution in [2.24, 2.45) is 5.73 Å². The molecule has 2 heterocycles. The Balaban J connectivity index is 1.72. The number of Topliss-reactive ketones (excluding diaryl/α,β-unsaturated/α-hetero) is 1. The summed E-state index contributed by atoms with van der Waals surface area (Å²) in [7, 11) is 0. The average Bonchev–Trinajstić information content (AvgIpc) is 3.17. The molecule has 33 heavy (non-hydrogen) atoms. The van der Waals surface area contributed by atoms with Crippen LogP contribution >= 0.6 is 0 Å². The van der Waals surface area contributed by atoms with Crippen molar-refractivity contribution in [2.45, 2.75) is 26.5 Å². The van der Waals surface area contributed by atoms with Gasteiger partial charge in [-0.15, -0.1) is 0 Å². The Morgan fingerprint density at radius 2 is 1.97 bits per heavy atom. The van der Waals surface area contributed by atoms with E-state index in [-0.39, 0.29) is 25.4 Å². The molecule has 0 radical (unpaired) electrons. The lowest BCUT2D eigenvalue weighted by molar-refractivity contribution is -0.136. The summed E-state index contributed by atoms with van der Waals surface area (Å²) in [6.45, 7) is 1.75. The number of carbonyl (C=O) groups is 2. The van der Waals surface area contributed by atoms with Gasteiger partial charge < -0.3 is 20.0 Å². The first kappa shape index (κ1) is 22.2. The number of hydrogen-bond donors (Lipinski definition) is 2. The third kappa shape index (κ3) is 4.91. The number of ketones is 1. The van der Waals surface area contributed by atoms with Crippen LogP contribution in [0.4, 0.5) is 4.39 Å². The smallest absolute Gasteiger partial charge is 0.307 e. The second-order valence-electron chi connectivity index (χ2n) is 7.59. The van der Waals surface area contributed by atoms with Gasteiger partial charge >= 0.3 is 5.97 Å². The van der Waals surface area contributed by atoms with Crippen LogP contribution in [-0.2, 0) is 24.4 Å². The SMILES string of the molecule is CC(=O)c1ccc(CC(=O)O)c(OCc2cc(-c3ccnc(CN)c3)c3oc(F)cc3c2)c1. The maximum absolute atomic E-state index is 13.9. The number of fused-ring (bicyclic) bond motifs is 1. The minimum Gasteiger partial charge on any atom is -0.489 e. The van der Waals surface area contributed by atoms with Gasteiger partial charge in [0.1, 0.15) is 17.9 Å². The van der Waals surface area contributed by atoms with Gasteiger partial charge in [0.15, 0.2) is 5.78 Å². The predicted molar refractivity (Wildman–Crippen MR) is 119 cm³/mol.